The van der Waals surface area contributed by atoms with Crippen molar-refractivity contribution in [3.8, 4) is 5.75 Å². The van der Waals surface area contributed by atoms with Crippen LogP contribution < -0.4 is 4.74 Å². The molecule has 0 atom stereocenters. The summed E-state index contributed by atoms with van der Waals surface area (Å²) < 4.78 is 5.83. The highest BCUT2D eigenvalue weighted by molar-refractivity contribution is 5.38. The first-order valence-electron chi connectivity index (χ1n) is 6.94. The maximum absolute atomic E-state index is 10.8. The summed E-state index contributed by atoms with van der Waals surface area (Å²) in [7, 11) is 0. The highest BCUT2D eigenvalue weighted by Gasteiger charge is 2.08. The molecule has 0 aromatic heterocycles. The number of hydrogen-bond acceptors (Lipinski definition) is 3. The number of non-ortho nitro benzene ring substituents is 1. The molecule has 0 fully saturated rings. The third-order valence-electron chi connectivity index (χ3n) is 3.39. The third kappa shape index (κ3) is 3.81. The largest absolute Gasteiger partial charge is 0.489 e. The van der Waals surface area contributed by atoms with E-state index in [2.05, 4.69) is 19.9 Å². The van der Waals surface area contributed by atoms with E-state index in [0.717, 1.165) is 16.9 Å². The topological polar surface area (TPSA) is 52.4 Å². The summed E-state index contributed by atoms with van der Waals surface area (Å²) in [4.78, 5) is 10.4. The van der Waals surface area contributed by atoms with E-state index in [1.54, 1.807) is 12.1 Å². The van der Waals surface area contributed by atoms with Gasteiger partial charge in [0.2, 0.25) is 0 Å². The molecular weight excluding hydrogens is 266 g/mol. The first-order chi connectivity index (χ1) is 9.97. The Morgan fingerprint density at radius 3 is 2.62 bits per heavy atom. The Kier molecular flexibility index (Phi) is 4.58. The number of nitrogens with zero attached hydrogens (tertiary/aromatic N) is 1. The van der Waals surface area contributed by atoms with E-state index in [0.29, 0.717) is 12.5 Å². The molecule has 2 rings (SSSR count). The molecule has 0 unspecified atom stereocenters. The lowest BCUT2D eigenvalue weighted by atomic mass is 10.0. The monoisotopic (exact) mass is 285 g/mol. The second-order valence-corrected chi connectivity index (χ2v) is 5.40. The SMILES string of the molecule is Cc1ccc(C(C)C)cc1OCc1cccc([N+](=O)[O-])c1. The number of rotatable bonds is 5. The predicted molar refractivity (Wildman–Crippen MR) is 82.7 cm³/mol. The maximum atomic E-state index is 10.8. The average molecular weight is 285 g/mol. The standard InChI is InChI=1S/C17H19NO3/c1-12(2)15-8-7-13(3)17(10-15)21-11-14-5-4-6-16(9-14)18(19)20/h4-10,12H,11H2,1-3H3. The second-order valence-electron chi connectivity index (χ2n) is 5.40. The van der Waals surface area contributed by atoms with Crippen LogP contribution in [0.3, 0.4) is 0 Å². The Morgan fingerprint density at radius 1 is 1.19 bits per heavy atom. The van der Waals surface area contributed by atoms with Gasteiger partial charge in [-0.1, -0.05) is 38.1 Å². The Balaban J connectivity index is 2.14. The normalized spacial score (nSPS) is 10.7. The van der Waals surface area contributed by atoms with Gasteiger partial charge in [0.05, 0.1) is 4.92 Å². The first kappa shape index (κ1) is 15.0. The molecule has 0 spiro atoms. The van der Waals surface area contributed by atoms with E-state index in [-0.39, 0.29) is 5.69 Å². The number of aryl methyl sites for hydroxylation is 1. The Morgan fingerprint density at radius 2 is 1.95 bits per heavy atom. The molecule has 0 saturated carbocycles. The van der Waals surface area contributed by atoms with E-state index in [1.807, 2.05) is 25.1 Å². The van der Waals surface area contributed by atoms with Gasteiger partial charge in [-0.05, 0) is 35.6 Å². The molecule has 21 heavy (non-hydrogen) atoms. The highest BCUT2D eigenvalue weighted by Crippen LogP contribution is 2.25. The summed E-state index contributed by atoms with van der Waals surface area (Å²) in [5.74, 6) is 1.26. The quantitative estimate of drug-likeness (QED) is 0.595. The number of benzene rings is 2. The van der Waals surface area contributed by atoms with Crippen molar-refractivity contribution in [3.63, 3.8) is 0 Å². The molecule has 0 radical (unpaired) electrons. The third-order valence-corrected chi connectivity index (χ3v) is 3.39. The summed E-state index contributed by atoms with van der Waals surface area (Å²) in [6.07, 6.45) is 0. The zero-order valence-corrected chi connectivity index (χ0v) is 12.5. The van der Waals surface area contributed by atoms with E-state index < -0.39 is 4.92 Å². The maximum Gasteiger partial charge on any atom is 0.269 e. The lowest BCUT2D eigenvalue weighted by Gasteiger charge is -2.13. The molecule has 0 heterocycles. The van der Waals surface area contributed by atoms with E-state index in [4.69, 9.17) is 4.74 Å². The van der Waals surface area contributed by atoms with Crippen LogP contribution in [0.5, 0.6) is 5.75 Å². The van der Waals surface area contributed by atoms with Crippen molar-refractivity contribution in [1.82, 2.24) is 0 Å². The highest BCUT2D eigenvalue weighted by atomic mass is 16.6. The molecule has 4 nitrogen and oxygen atoms in total. The molecule has 0 amide bonds. The van der Waals surface area contributed by atoms with Gasteiger partial charge in [0.15, 0.2) is 0 Å². The smallest absolute Gasteiger partial charge is 0.269 e. The van der Waals surface area contributed by atoms with Crippen LogP contribution >= 0.6 is 0 Å². The van der Waals surface area contributed by atoms with Crippen molar-refractivity contribution >= 4 is 5.69 Å². The second kappa shape index (κ2) is 6.39. The van der Waals surface area contributed by atoms with Crippen LogP contribution in [0.2, 0.25) is 0 Å². The van der Waals surface area contributed by atoms with Crippen LogP contribution in [0.15, 0.2) is 42.5 Å². The van der Waals surface area contributed by atoms with Gasteiger partial charge in [-0.2, -0.15) is 0 Å². The van der Waals surface area contributed by atoms with Crippen molar-refractivity contribution in [3.05, 3.63) is 69.3 Å². The number of hydrogen-bond donors (Lipinski definition) is 0. The van der Waals surface area contributed by atoms with Gasteiger partial charge in [-0.3, -0.25) is 10.1 Å². The molecule has 0 aliphatic carbocycles. The van der Waals surface area contributed by atoms with Crippen molar-refractivity contribution < 1.29 is 9.66 Å². The zero-order valence-electron chi connectivity index (χ0n) is 12.5. The van der Waals surface area contributed by atoms with Gasteiger partial charge in [-0.15, -0.1) is 0 Å². The molecule has 110 valence electrons. The van der Waals surface area contributed by atoms with Crippen LogP contribution in [-0.2, 0) is 6.61 Å². The lowest BCUT2D eigenvalue weighted by Crippen LogP contribution is -1.99. The summed E-state index contributed by atoms with van der Waals surface area (Å²) in [5, 5.41) is 10.8. The molecule has 0 N–H and O–H groups in total. The Bertz CT molecular complexity index is 650. The van der Waals surface area contributed by atoms with Crippen LogP contribution in [0.25, 0.3) is 0 Å². The fraction of sp³-hybridized carbons (Fsp3) is 0.294. The minimum atomic E-state index is -0.395. The predicted octanol–water partition coefficient (Wildman–Crippen LogP) is 4.61. The summed E-state index contributed by atoms with van der Waals surface area (Å²) in [5.41, 5.74) is 3.15. The number of ether oxygens (including phenoxy) is 1. The van der Waals surface area contributed by atoms with Crippen LogP contribution in [-0.4, -0.2) is 4.92 Å². The van der Waals surface area contributed by atoms with Gasteiger partial charge in [-0.25, -0.2) is 0 Å². The van der Waals surface area contributed by atoms with Gasteiger partial charge in [0.1, 0.15) is 12.4 Å². The number of nitro benzene ring substituents is 1. The molecule has 4 heteroatoms. The molecule has 0 aliphatic rings. The van der Waals surface area contributed by atoms with Crippen LogP contribution in [0, 0.1) is 17.0 Å². The van der Waals surface area contributed by atoms with Crippen molar-refractivity contribution in [2.24, 2.45) is 0 Å². The molecule has 0 saturated heterocycles. The minimum Gasteiger partial charge on any atom is -0.489 e. The summed E-state index contributed by atoms with van der Waals surface area (Å²) in [6, 6.07) is 12.7. The average Bonchev–Trinajstić information content (AvgIpc) is 2.46. The molecule has 0 bridgehead atoms. The van der Waals surface area contributed by atoms with Gasteiger partial charge < -0.3 is 4.74 Å². The lowest BCUT2D eigenvalue weighted by molar-refractivity contribution is -0.384. The van der Waals surface area contributed by atoms with Gasteiger partial charge in [0, 0.05) is 12.1 Å². The van der Waals surface area contributed by atoms with Crippen LogP contribution in [0.1, 0.15) is 36.5 Å². The summed E-state index contributed by atoms with van der Waals surface area (Å²) in [6.45, 7) is 6.58. The summed E-state index contributed by atoms with van der Waals surface area (Å²) >= 11 is 0. The van der Waals surface area contributed by atoms with Crippen molar-refractivity contribution in [2.45, 2.75) is 33.3 Å². The first-order valence-corrected chi connectivity index (χ1v) is 6.94. The minimum absolute atomic E-state index is 0.0868. The fourth-order valence-electron chi connectivity index (χ4n) is 2.05. The fourth-order valence-corrected chi connectivity index (χ4v) is 2.05. The van der Waals surface area contributed by atoms with Crippen molar-refractivity contribution in [2.75, 3.05) is 0 Å². The van der Waals surface area contributed by atoms with E-state index in [9.17, 15) is 10.1 Å². The van der Waals surface area contributed by atoms with Crippen molar-refractivity contribution in [1.29, 1.82) is 0 Å². The molecule has 2 aromatic carbocycles. The molecule has 0 aliphatic heterocycles. The van der Waals surface area contributed by atoms with E-state index in [1.165, 1.54) is 11.6 Å². The van der Waals surface area contributed by atoms with E-state index >= 15 is 0 Å². The van der Waals surface area contributed by atoms with Crippen LogP contribution in [0.4, 0.5) is 5.69 Å². The van der Waals surface area contributed by atoms with Gasteiger partial charge in [0.25, 0.3) is 5.69 Å². The van der Waals surface area contributed by atoms with Gasteiger partial charge >= 0.3 is 0 Å². The number of nitro groups is 1. The Hall–Kier alpha value is -2.36. The molecule has 2 aromatic rings. The molecular formula is C17H19NO3. The Labute approximate surface area is 124 Å². The zero-order chi connectivity index (χ0) is 15.4.